The number of rotatable bonds is 2. The van der Waals surface area contributed by atoms with Crippen molar-refractivity contribution in [2.24, 2.45) is 0 Å². The standard InChI is InChI=1S/C12H8Br2ClFN2/c13-7-2-1-6(15)3-11(7)18-12-4-8(14)9(16)5-10(12)17/h1-5,18H,17H2. The van der Waals surface area contributed by atoms with Crippen molar-refractivity contribution in [3.63, 3.8) is 0 Å². The van der Waals surface area contributed by atoms with Crippen molar-refractivity contribution in [3.05, 3.63) is 50.1 Å². The Bertz CT molecular complexity index is 605. The normalized spacial score (nSPS) is 10.4. The number of anilines is 3. The summed E-state index contributed by atoms with van der Waals surface area (Å²) >= 11 is 12.4. The van der Waals surface area contributed by atoms with Crippen LogP contribution in [-0.2, 0) is 0 Å². The van der Waals surface area contributed by atoms with Gasteiger partial charge in [-0.1, -0.05) is 11.6 Å². The first kappa shape index (κ1) is 13.6. The summed E-state index contributed by atoms with van der Waals surface area (Å²) in [6.07, 6.45) is 0. The molecule has 0 atom stereocenters. The average molecular weight is 394 g/mol. The topological polar surface area (TPSA) is 38.0 Å². The highest BCUT2D eigenvalue weighted by molar-refractivity contribution is 9.10. The Kier molecular flexibility index (Phi) is 4.14. The fourth-order valence-electron chi connectivity index (χ4n) is 1.41. The van der Waals surface area contributed by atoms with Crippen LogP contribution in [0.5, 0.6) is 0 Å². The van der Waals surface area contributed by atoms with Crippen molar-refractivity contribution in [1.82, 2.24) is 0 Å². The molecule has 0 radical (unpaired) electrons. The molecular formula is C12H8Br2ClFN2. The van der Waals surface area contributed by atoms with E-state index in [1.807, 2.05) is 6.07 Å². The van der Waals surface area contributed by atoms with Crippen LogP contribution in [0.4, 0.5) is 21.5 Å². The van der Waals surface area contributed by atoms with Gasteiger partial charge in [0.2, 0.25) is 0 Å². The Hall–Kier alpha value is -0.780. The van der Waals surface area contributed by atoms with Gasteiger partial charge in [-0.05, 0) is 56.1 Å². The van der Waals surface area contributed by atoms with Gasteiger partial charge < -0.3 is 11.1 Å². The van der Waals surface area contributed by atoms with Crippen LogP contribution in [0.3, 0.4) is 0 Å². The lowest BCUT2D eigenvalue weighted by Gasteiger charge is -2.12. The minimum Gasteiger partial charge on any atom is -0.397 e. The van der Waals surface area contributed by atoms with Crippen LogP contribution in [0.15, 0.2) is 39.3 Å². The third kappa shape index (κ3) is 2.96. The Labute approximate surface area is 126 Å². The first-order valence-electron chi connectivity index (χ1n) is 4.94. The Morgan fingerprint density at radius 3 is 2.50 bits per heavy atom. The van der Waals surface area contributed by atoms with Crippen molar-refractivity contribution in [3.8, 4) is 0 Å². The second kappa shape index (κ2) is 5.47. The summed E-state index contributed by atoms with van der Waals surface area (Å²) in [4.78, 5) is 0. The minimum absolute atomic E-state index is 0.322. The van der Waals surface area contributed by atoms with Crippen LogP contribution in [0, 0.1) is 5.82 Å². The van der Waals surface area contributed by atoms with Gasteiger partial charge >= 0.3 is 0 Å². The van der Waals surface area contributed by atoms with Crippen LogP contribution in [-0.4, -0.2) is 0 Å². The van der Waals surface area contributed by atoms with E-state index < -0.39 is 5.82 Å². The molecule has 0 unspecified atom stereocenters. The van der Waals surface area contributed by atoms with E-state index in [0.29, 0.717) is 20.9 Å². The Morgan fingerprint density at radius 2 is 1.78 bits per heavy atom. The molecule has 2 nitrogen and oxygen atoms in total. The molecule has 0 saturated carbocycles. The molecule has 3 N–H and O–H groups in total. The second-order valence-corrected chi connectivity index (χ2v) is 5.75. The number of nitrogens with one attached hydrogen (secondary N) is 1. The van der Waals surface area contributed by atoms with Gasteiger partial charge in [-0.15, -0.1) is 0 Å². The highest BCUT2D eigenvalue weighted by Crippen LogP contribution is 2.33. The first-order chi connectivity index (χ1) is 8.47. The van der Waals surface area contributed by atoms with Crippen LogP contribution in [0.1, 0.15) is 0 Å². The number of hydrogen-bond donors (Lipinski definition) is 2. The third-order valence-corrected chi connectivity index (χ3v) is 3.82. The molecule has 2 aromatic carbocycles. The molecule has 2 aromatic rings. The Morgan fingerprint density at radius 1 is 1.06 bits per heavy atom. The molecule has 6 heteroatoms. The van der Waals surface area contributed by atoms with E-state index in [2.05, 4.69) is 37.2 Å². The predicted molar refractivity (Wildman–Crippen MR) is 80.9 cm³/mol. The quantitative estimate of drug-likeness (QED) is 0.676. The zero-order valence-electron chi connectivity index (χ0n) is 8.98. The molecule has 18 heavy (non-hydrogen) atoms. The van der Waals surface area contributed by atoms with Crippen LogP contribution >= 0.6 is 43.5 Å². The first-order valence-corrected chi connectivity index (χ1v) is 6.90. The Balaban J connectivity index is 2.40. The van der Waals surface area contributed by atoms with Crippen molar-refractivity contribution in [2.45, 2.75) is 0 Å². The molecule has 0 fully saturated rings. The van der Waals surface area contributed by atoms with Gasteiger partial charge in [0.05, 0.1) is 21.5 Å². The minimum atomic E-state index is -0.400. The van der Waals surface area contributed by atoms with E-state index in [0.717, 1.165) is 10.2 Å². The average Bonchev–Trinajstić information content (AvgIpc) is 2.30. The molecule has 0 amide bonds. The summed E-state index contributed by atoms with van der Waals surface area (Å²) in [5.41, 5.74) is 7.44. The number of nitrogen functional groups attached to an aromatic ring is 1. The van der Waals surface area contributed by atoms with E-state index in [9.17, 15) is 4.39 Å². The van der Waals surface area contributed by atoms with Gasteiger partial charge in [-0.3, -0.25) is 0 Å². The predicted octanol–water partition coefficient (Wildman–Crippen LogP) is 5.33. The van der Waals surface area contributed by atoms with Gasteiger partial charge in [0.1, 0.15) is 5.82 Å². The molecule has 0 aliphatic heterocycles. The fourth-order valence-corrected chi connectivity index (χ4v) is 2.27. The smallest absolute Gasteiger partial charge is 0.139 e. The summed E-state index contributed by atoms with van der Waals surface area (Å²) in [6.45, 7) is 0. The van der Waals surface area contributed by atoms with E-state index in [-0.39, 0.29) is 0 Å². The van der Waals surface area contributed by atoms with Crippen LogP contribution in [0.25, 0.3) is 0 Å². The highest BCUT2D eigenvalue weighted by atomic mass is 79.9. The van der Waals surface area contributed by atoms with Crippen molar-refractivity contribution < 1.29 is 4.39 Å². The molecule has 2 rings (SSSR count). The number of hydrogen-bond acceptors (Lipinski definition) is 2. The lowest BCUT2D eigenvalue weighted by atomic mass is 10.2. The van der Waals surface area contributed by atoms with Gasteiger partial charge in [0.15, 0.2) is 0 Å². The summed E-state index contributed by atoms with van der Waals surface area (Å²) < 4.78 is 14.4. The maximum Gasteiger partial charge on any atom is 0.139 e. The summed E-state index contributed by atoms with van der Waals surface area (Å²) in [7, 11) is 0. The summed E-state index contributed by atoms with van der Waals surface area (Å²) in [5, 5.41) is 3.69. The fraction of sp³-hybridized carbons (Fsp3) is 0. The van der Waals surface area contributed by atoms with Crippen molar-refractivity contribution >= 4 is 60.5 Å². The zero-order chi connectivity index (χ0) is 13.3. The molecule has 94 valence electrons. The largest absolute Gasteiger partial charge is 0.397 e. The maximum atomic E-state index is 13.3. The monoisotopic (exact) mass is 392 g/mol. The molecule has 0 aliphatic rings. The lowest BCUT2D eigenvalue weighted by Crippen LogP contribution is -1.98. The van der Waals surface area contributed by atoms with Crippen LogP contribution in [0.2, 0.25) is 5.02 Å². The zero-order valence-corrected chi connectivity index (χ0v) is 12.9. The van der Waals surface area contributed by atoms with E-state index >= 15 is 0 Å². The highest BCUT2D eigenvalue weighted by Gasteiger charge is 2.08. The number of halogens is 4. The molecule has 0 aliphatic carbocycles. The molecule has 0 saturated heterocycles. The molecule has 0 heterocycles. The molecule has 0 aromatic heterocycles. The van der Waals surface area contributed by atoms with Gasteiger partial charge in [0.25, 0.3) is 0 Å². The van der Waals surface area contributed by atoms with Gasteiger partial charge in [-0.25, -0.2) is 4.39 Å². The van der Waals surface area contributed by atoms with Crippen molar-refractivity contribution in [1.29, 1.82) is 0 Å². The number of nitrogens with two attached hydrogens (primary N) is 1. The second-order valence-electron chi connectivity index (χ2n) is 3.60. The summed E-state index contributed by atoms with van der Waals surface area (Å²) in [5.74, 6) is -0.400. The molecule has 0 spiro atoms. The van der Waals surface area contributed by atoms with E-state index in [1.54, 1.807) is 18.2 Å². The van der Waals surface area contributed by atoms with E-state index in [4.69, 9.17) is 17.3 Å². The van der Waals surface area contributed by atoms with E-state index in [1.165, 1.54) is 6.07 Å². The SMILES string of the molecule is Nc1cc(F)c(Br)cc1Nc1cc(Cl)ccc1Br. The van der Waals surface area contributed by atoms with Crippen LogP contribution < -0.4 is 11.1 Å². The summed E-state index contributed by atoms with van der Waals surface area (Å²) in [6, 6.07) is 8.17. The number of benzene rings is 2. The maximum absolute atomic E-state index is 13.3. The third-order valence-electron chi connectivity index (χ3n) is 2.29. The molecular weight excluding hydrogens is 386 g/mol. The van der Waals surface area contributed by atoms with Gasteiger partial charge in [-0.2, -0.15) is 0 Å². The van der Waals surface area contributed by atoms with Crippen molar-refractivity contribution in [2.75, 3.05) is 11.1 Å². The van der Waals surface area contributed by atoms with Gasteiger partial charge in [0, 0.05) is 15.6 Å². The lowest BCUT2D eigenvalue weighted by molar-refractivity contribution is 0.622. The molecule has 0 bridgehead atoms.